The Bertz CT molecular complexity index is 408. The standard InChI is InChI=1S/C16H28O8/c1-21-12(17)7-10-5-6-16(14(19)23-3,15(20)24-4)9-11(10)8-13(18)22-2/h10-13,17-18H,5-9H2,1-4H3. The Morgan fingerprint density at radius 2 is 1.42 bits per heavy atom. The molecule has 140 valence electrons. The highest BCUT2D eigenvalue weighted by Crippen LogP contribution is 2.47. The van der Waals surface area contributed by atoms with Crippen LogP contribution in [0.4, 0.5) is 0 Å². The topological polar surface area (TPSA) is 112 Å². The quantitative estimate of drug-likeness (QED) is 0.369. The van der Waals surface area contributed by atoms with Crippen molar-refractivity contribution in [3.8, 4) is 0 Å². The maximum atomic E-state index is 12.3. The third kappa shape index (κ3) is 4.66. The van der Waals surface area contributed by atoms with Crippen LogP contribution in [0.25, 0.3) is 0 Å². The molecule has 0 heterocycles. The van der Waals surface area contributed by atoms with Gasteiger partial charge in [-0.15, -0.1) is 0 Å². The lowest BCUT2D eigenvalue weighted by Gasteiger charge is -2.42. The Labute approximate surface area is 142 Å². The molecule has 4 unspecified atom stereocenters. The summed E-state index contributed by atoms with van der Waals surface area (Å²) in [7, 11) is 5.24. The van der Waals surface area contributed by atoms with Gasteiger partial charge in [0.05, 0.1) is 14.2 Å². The third-order valence-electron chi connectivity index (χ3n) is 4.92. The molecule has 0 saturated heterocycles. The second kappa shape index (κ2) is 9.31. The number of rotatable bonds is 8. The van der Waals surface area contributed by atoms with Gasteiger partial charge >= 0.3 is 11.9 Å². The normalized spacial score (nSPS) is 25.6. The smallest absolute Gasteiger partial charge is 0.323 e. The molecule has 0 spiro atoms. The van der Waals surface area contributed by atoms with Crippen molar-refractivity contribution >= 4 is 11.9 Å². The molecule has 0 aromatic heterocycles. The summed E-state index contributed by atoms with van der Waals surface area (Å²) in [6.07, 6.45) is -0.486. The molecule has 0 radical (unpaired) electrons. The van der Waals surface area contributed by atoms with Gasteiger partial charge in [-0.3, -0.25) is 9.59 Å². The zero-order valence-corrected chi connectivity index (χ0v) is 14.7. The lowest BCUT2D eigenvalue weighted by atomic mass is 9.63. The maximum Gasteiger partial charge on any atom is 0.323 e. The molecule has 1 aliphatic carbocycles. The Morgan fingerprint density at radius 3 is 1.83 bits per heavy atom. The van der Waals surface area contributed by atoms with Crippen molar-refractivity contribution in [3.05, 3.63) is 0 Å². The van der Waals surface area contributed by atoms with Crippen LogP contribution in [0.1, 0.15) is 32.1 Å². The van der Waals surface area contributed by atoms with Crippen LogP contribution in [0, 0.1) is 17.3 Å². The minimum absolute atomic E-state index is 0.0350. The van der Waals surface area contributed by atoms with Gasteiger partial charge in [0, 0.05) is 27.1 Å². The number of aliphatic hydroxyl groups excluding tert-OH is 2. The van der Waals surface area contributed by atoms with E-state index in [-0.39, 0.29) is 31.1 Å². The number of ether oxygens (including phenoxy) is 4. The molecule has 8 nitrogen and oxygen atoms in total. The van der Waals surface area contributed by atoms with Gasteiger partial charge in [-0.05, 0) is 31.1 Å². The van der Waals surface area contributed by atoms with Gasteiger partial charge in [0.1, 0.15) is 0 Å². The lowest BCUT2D eigenvalue weighted by Crippen LogP contribution is -2.48. The summed E-state index contributed by atoms with van der Waals surface area (Å²) in [6.45, 7) is 0. The largest absolute Gasteiger partial charge is 0.468 e. The van der Waals surface area contributed by atoms with E-state index in [0.29, 0.717) is 12.8 Å². The Morgan fingerprint density at radius 1 is 0.958 bits per heavy atom. The molecule has 4 atom stereocenters. The van der Waals surface area contributed by atoms with Crippen LogP contribution >= 0.6 is 0 Å². The molecule has 1 rings (SSSR count). The second-order valence-corrected chi connectivity index (χ2v) is 6.18. The first-order valence-corrected chi connectivity index (χ1v) is 7.93. The first-order chi connectivity index (χ1) is 11.3. The van der Waals surface area contributed by atoms with E-state index in [1.54, 1.807) is 0 Å². The zero-order chi connectivity index (χ0) is 18.3. The van der Waals surface area contributed by atoms with Crippen molar-refractivity contribution in [2.45, 2.75) is 44.7 Å². The molecule has 1 fully saturated rings. The second-order valence-electron chi connectivity index (χ2n) is 6.18. The van der Waals surface area contributed by atoms with Crippen LogP contribution in [-0.4, -0.2) is 63.2 Å². The highest BCUT2D eigenvalue weighted by molar-refractivity contribution is 6.00. The number of aliphatic hydroxyl groups is 2. The summed E-state index contributed by atoms with van der Waals surface area (Å²) in [6, 6.07) is 0. The van der Waals surface area contributed by atoms with Crippen LogP contribution in [0.2, 0.25) is 0 Å². The van der Waals surface area contributed by atoms with Gasteiger partial charge in [-0.25, -0.2) is 0 Å². The molecule has 0 amide bonds. The number of hydrogen-bond donors (Lipinski definition) is 2. The van der Waals surface area contributed by atoms with Crippen molar-refractivity contribution in [1.29, 1.82) is 0 Å². The Balaban J connectivity index is 3.05. The van der Waals surface area contributed by atoms with Crippen molar-refractivity contribution in [1.82, 2.24) is 0 Å². The fraction of sp³-hybridized carbons (Fsp3) is 0.875. The SMILES string of the molecule is COC(=O)C1(C(=O)OC)CCC(CC(O)OC)C(CC(O)OC)C1. The van der Waals surface area contributed by atoms with Gasteiger partial charge in [0.25, 0.3) is 0 Å². The summed E-state index contributed by atoms with van der Waals surface area (Å²) in [5.74, 6) is -1.56. The predicted octanol–water partition coefficient (Wildman–Crippen LogP) is 0.445. The van der Waals surface area contributed by atoms with Gasteiger partial charge in [-0.1, -0.05) is 0 Å². The molecule has 0 aromatic rings. The summed E-state index contributed by atoms with van der Waals surface area (Å²) in [5, 5.41) is 19.6. The average molecular weight is 348 g/mol. The summed E-state index contributed by atoms with van der Waals surface area (Å²) in [4.78, 5) is 24.6. The predicted molar refractivity (Wildman–Crippen MR) is 82.6 cm³/mol. The van der Waals surface area contributed by atoms with Gasteiger partial charge < -0.3 is 29.2 Å². The number of esters is 2. The van der Waals surface area contributed by atoms with Crippen molar-refractivity contribution < 1.29 is 38.7 Å². The minimum Gasteiger partial charge on any atom is -0.468 e. The highest BCUT2D eigenvalue weighted by Gasteiger charge is 2.53. The molecule has 0 bridgehead atoms. The molecular weight excluding hydrogens is 320 g/mol. The molecule has 1 saturated carbocycles. The molecule has 0 aliphatic heterocycles. The highest BCUT2D eigenvalue weighted by atomic mass is 16.6. The van der Waals surface area contributed by atoms with Crippen LogP contribution in [-0.2, 0) is 28.5 Å². The van der Waals surface area contributed by atoms with E-state index in [0.717, 1.165) is 0 Å². The van der Waals surface area contributed by atoms with E-state index < -0.39 is 29.9 Å². The molecule has 2 N–H and O–H groups in total. The van der Waals surface area contributed by atoms with Crippen LogP contribution in [0.3, 0.4) is 0 Å². The van der Waals surface area contributed by atoms with E-state index in [1.165, 1.54) is 28.4 Å². The maximum absolute atomic E-state index is 12.3. The van der Waals surface area contributed by atoms with Crippen LogP contribution in [0.15, 0.2) is 0 Å². The third-order valence-corrected chi connectivity index (χ3v) is 4.92. The fourth-order valence-corrected chi connectivity index (χ4v) is 3.53. The average Bonchev–Trinajstić information content (AvgIpc) is 2.61. The van der Waals surface area contributed by atoms with E-state index >= 15 is 0 Å². The van der Waals surface area contributed by atoms with Crippen LogP contribution in [0.5, 0.6) is 0 Å². The first-order valence-electron chi connectivity index (χ1n) is 7.93. The van der Waals surface area contributed by atoms with E-state index in [2.05, 4.69) is 0 Å². The monoisotopic (exact) mass is 348 g/mol. The van der Waals surface area contributed by atoms with Crippen LogP contribution < -0.4 is 0 Å². The molecule has 0 aromatic carbocycles. The summed E-state index contributed by atoms with van der Waals surface area (Å²) in [5.41, 5.74) is -1.39. The van der Waals surface area contributed by atoms with Gasteiger partial charge in [0.2, 0.25) is 0 Å². The lowest BCUT2D eigenvalue weighted by molar-refractivity contribution is -0.178. The van der Waals surface area contributed by atoms with E-state index in [9.17, 15) is 19.8 Å². The molecule has 24 heavy (non-hydrogen) atoms. The molecule has 1 aliphatic rings. The van der Waals surface area contributed by atoms with E-state index in [4.69, 9.17) is 18.9 Å². The minimum atomic E-state index is -1.39. The first kappa shape index (κ1) is 20.8. The number of methoxy groups -OCH3 is 4. The van der Waals surface area contributed by atoms with Crippen molar-refractivity contribution in [2.24, 2.45) is 17.3 Å². The molecule has 8 heteroatoms. The fourth-order valence-electron chi connectivity index (χ4n) is 3.53. The van der Waals surface area contributed by atoms with Crippen molar-refractivity contribution in [2.75, 3.05) is 28.4 Å². The Hall–Kier alpha value is -1.22. The van der Waals surface area contributed by atoms with E-state index in [1.807, 2.05) is 0 Å². The number of carbonyl (C=O) groups excluding carboxylic acids is 2. The zero-order valence-electron chi connectivity index (χ0n) is 14.7. The van der Waals surface area contributed by atoms with Gasteiger partial charge in [0.15, 0.2) is 18.0 Å². The Kier molecular flexibility index (Phi) is 8.08. The van der Waals surface area contributed by atoms with Gasteiger partial charge in [-0.2, -0.15) is 0 Å². The summed E-state index contributed by atoms with van der Waals surface area (Å²) >= 11 is 0. The molecular formula is C16H28O8. The summed E-state index contributed by atoms with van der Waals surface area (Å²) < 4.78 is 19.5. The number of carbonyl (C=O) groups is 2. The van der Waals surface area contributed by atoms with Crippen molar-refractivity contribution in [3.63, 3.8) is 0 Å². The number of hydrogen-bond acceptors (Lipinski definition) is 8.